The van der Waals surface area contributed by atoms with Crippen molar-refractivity contribution in [1.29, 1.82) is 0 Å². The third-order valence-corrected chi connectivity index (χ3v) is 7.82. The minimum absolute atomic E-state index is 0.0397. The number of nitrogens with zero attached hydrogens (tertiary/aromatic N) is 5. The minimum atomic E-state index is -1.46. The number of β-amino-alcohol motifs (C(OH)–C–C–N with tert-alkyl or cyclic N) is 1. The third kappa shape index (κ3) is 3.86. The monoisotopic (exact) mass is 484 g/mol. The van der Waals surface area contributed by atoms with E-state index in [2.05, 4.69) is 25.4 Å². The zero-order valence-corrected chi connectivity index (χ0v) is 19.4. The van der Waals surface area contributed by atoms with E-state index in [4.69, 9.17) is 4.74 Å². The number of ether oxygens (including phenoxy) is 1. The van der Waals surface area contributed by atoms with Gasteiger partial charge in [0, 0.05) is 31.0 Å². The van der Waals surface area contributed by atoms with Crippen LogP contribution in [0.15, 0.2) is 34.1 Å². The highest BCUT2D eigenvalue weighted by atomic mass is 32.2. The van der Waals surface area contributed by atoms with Gasteiger partial charge in [-0.15, -0.1) is 16.9 Å². The molecule has 9 nitrogen and oxygen atoms in total. The average Bonchev–Trinajstić information content (AvgIpc) is 3.17. The van der Waals surface area contributed by atoms with E-state index in [-0.39, 0.29) is 24.2 Å². The first kappa shape index (κ1) is 21.9. The van der Waals surface area contributed by atoms with Crippen molar-refractivity contribution < 1.29 is 14.2 Å². The van der Waals surface area contributed by atoms with Crippen LogP contribution < -0.4 is 15.6 Å². The lowest BCUT2D eigenvalue weighted by molar-refractivity contribution is -0.0159. The molecule has 0 bridgehead atoms. The average molecular weight is 485 g/mol. The summed E-state index contributed by atoms with van der Waals surface area (Å²) in [6, 6.07) is 5.35. The van der Waals surface area contributed by atoms with E-state index in [1.54, 1.807) is 17.8 Å². The Labute approximate surface area is 199 Å². The Morgan fingerprint density at radius 1 is 1.29 bits per heavy atom. The third-order valence-electron chi connectivity index (χ3n) is 6.84. The fourth-order valence-corrected chi connectivity index (χ4v) is 6.03. The lowest BCUT2D eigenvalue weighted by Gasteiger charge is -2.37. The van der Waals surface area contributed by atoms with Crippen molar-refractivity contribution in [2.75, 3.05) is 32.0 Å². The summed E-state index contributed by atoms with van der Waals surface area (Å²) in [6.45, 7) is 3.14. The number of hydrogen-bond donors (Lipinski definition) is 2. The first-order valence-electron chi connectivity index (χ1n) is 11.5. The number of nitrogens with one attached hydrogen (secondary N) is 1. The Kier molecular flexibility index (Phi) is 5.51. The first-order valence-corrected chi connectivity index (χ1v) is 12.5. The van der Waals surface area contributed by atoms with Gasteiger partial charge in [-0.2, -0.15) is 5.10 Å². The lowest BCUT2D eigenvalue weighted by atomic mass is 9.93. The van der Waals surface area contributed by atoms with Gasteiger partial charge in [0.15, 0.2) is 0 Å². The molecule has 6 rings (SSSR count). The quantitative estimate of drug-likeness (QED) is 0.554. The van der Waals surface area contributed by atoms with Gasteiger partial charge in [-0.05, 0) is 38.1 Å². The molecule has 0 radical (unpaired) electrons. The number of halogens is 1. The van der Waals surface area contributed by atoms with Crippen LogP contribution in [0.4, 0.5) is 4.39 Å². The topological polar surface area (TPSA) is 105 Å². The Hall–Kier alpha value is -2.60. The molecule has 0 unspecified atom stereocenters. The Morgan fingerprint density at radius 3 is 3.00 bits per heavy atom. The molecule has 34 heavy (non-hydrogen) atoms. The van der Waals surface area contributed by atoms with Gasteiger partial charge in [-0.3, -0.25) is 14.7 Å². The highest BCUT2D eigenvalue weighted by Gasteiger charge is 2.43. The number of pyridine rings is 2. The summed E-state index contributed by atoms with van der Waals surface area (Å²) in [4.78, 5) is 19.6. The molecule has 3 aromatic rings. The second-order valence-electron chi connectivity index (χ2n) is 9.14. The van der Waals surface area contributed by atoms with E-state index >= 15 is 0 Å². The van der Waals surface area contributed by atoms with Crippen molar-refractivity contribution in [3.05, 3.63) is 51.8 Å². The summed E-state index contributed by atoms with van der Waals surface area (Å²) in [5, 5.41) is 23.5. The smallest absolute Gasteiger partial charge is 0.251 e. The highest BCUT2D eigenvalue weighted by Crippen LogP contribution is 2.38. The van der Waals surface area contributed by atoms with Crippen LogP contribution in [0, 0.1) is 5.82 Å². The zero-order chi connectivity index (χ0) is 23.3. The molecule has 2 N–H and O–H groups in total. The number of fused-ring (bicyclic) bond motifs is 1. The van der Waals surface area contributed by atoms with Crippen LogP contribution in [0.3, 0.4) is 0 Å². The number of piperidine rings is 1. The van der Waals surface area contributed by atoms with Gasteiger partial charge in [0.25, 0.3) is 5.56 Å². The molecule has 0 saturated carbocycles. The van der Waals surface area contributed by atoms with Gasteiger partial charge in [-0.1, -0.05) is 0 Å². The number of hydrogen-bond acceptors (Lipinski definition) is 9. The highest BCUT2D eigenvalue weighted by molar-refractivity contribution is 7.99. The molecule has 6 heterocycles. The van der Waals surface area contributed by atoms with Crippen molar-refractivity contribution >= 4 is 22.8 Å². The van der Waals surface area contributed by atoms with Gasteiger partial charge in [0.1, 0.15) is 11.4 Å². The van der Waals surface area contributed by atoms with Crippen LogP contribution in [0.25, 0.3) is 11.0 Å². The molecule has 11 heteroatoms. The predicted octanol–water partition coefficient (Wildman–Crippen LogP) is 1.27. The maximum Gasteiger partial charge on any atom is 0.251 e. The molecule has 0 spiro atoms. The van der Waals surface area contributed by atoms with E-state index in [1.165, 1.54) is 10.6 Å². The van der Waals surface area contributed by atoms with E-state index < -0.39 is 11.4 Å². The van der Waals surface area contributed by atoms with Gasteiger partial charge in [-0.25, -0.2) is 4.39 Å². The largest absolute Gasteiger partial charge is 0.475 e. The summed E-state index contributed by atoms with van der Waals surface area (Å²) < 4.78 is 21.7. The number of likely N-dealkylation sites (tertiary alicyclic amines) is 1. The van der Waals surface area contributed by atoms with Crippen LogP contribution in [-0.4, -0.2) is 67.8 Å². The van der Waals surface area contributed by atoms with E-state index in [9.17, 15) is 14.3 Å². The molecule has 3 aliphatic heterocycles. The standard InChI is InChI=1S/C23H25FN6O3S/c24-16-11-26-17-1-2-19(31)30-13-23(32,20(16)21(17)30)12-29-5-3-14(4-6-29)25-10-15-9-18-22(28-27-15)33-7-8-34-18/h1-2,9,11,14,25,32H,3-8,10,12-13H2/t23-/m0/s1. The number of rotatable bonds is 5. The van der Waals surface area contributed by atoms with Crippen molar-refractivity contribution in [3.63, 3.8) is 0 Å². The number of aliphatic hydroxyl groups is 1. The minimum Gasteiger partial charge on any atom is -0.475 e. The summed E-state index contributed by atoms with van der Waals surface area (Å²) in [6.07, 6.45) is 2.92. The summed E-state index contributed by atoms with van der Waals surface area (Å²) in [5.41, 5.74) is 0.280. The van der Waals surface area contributed by atoms with Crippen LogP contribution in [0.5, 0.6) is 5.88 Å². The number of thioether (sulfide) groups is 1. The molecular weight excluding hydrogens is 459 g/mol. The van der Waals surface area contributed by atoms with E-state index in [0.717, 1.165) is 48.5 Å². The molecule has 1 saturated heterocycles. The molecule has 3 aromatic heterocycles. The van der Waals surface area contributed by atoms with Gasteiger partial charge >= 0.3 is 0 Å². The molecule has 3 aliphatic rings. The molecule has 0 amide bonds. The van der Waals surface area contributed by atoms with E-state index in [1.807, 2.05) is 6.07 Å². The Morgan fingerprint density at radius 2 is 2.15 bits per heavy atom. The predicted molar refractivity (Wildman–Crippen MR) is 124 cm³/mol. The normalized spacial score (nSPS) is 22.6. The fourth-order valence-electron chi connectivity index (χ4n) is 5.20. The van der Waals surface area contributed by atoms with Crippen molar-refractivity contribution in [2.24, 2.45) is 0 Å². The molecular formula is C23H25FN6O3S. The zero-order valence-electron chi connectivity index (χ0n) is 18.5. The van der Waals surface area contributed by atoms with Gasteiger partial charge < -0.3 is 19.7 Å². The maximum absolute atomic E-state index is 14.8. The van der Waals surface area contributed by atoms with Crippen LogP contribution >= 0.6 is 11.8 Å². The summed E-state index contributed by atoms with van der Waals surface area (Å²) in [7, 11) is 0. The van der Waals surface area contributed by atoms with Gasteiger partial charge in [0.05, 0.1) is 46.5 Å². The van der Waals surface area contributed by atoms with Crippen molar-refractivity contribution in [2.45, 2.75) is 42.5 Å². The molecule has 1 atom stereocenters. The van der Waals surface area contributed by atoms with Gasteiger partial charge in [0.2, 0.25) is 5.88 Å². The van der Waals surface area contributed by atoms with Crippen LogP contribution in [0.2, 0.25) is 0 Å². The number of aromatic nitrogens is 4. The fraction of sp³-hybridized carbons (Fsp3) is 0.478. The molecule has 0 aliphatic carbocycles. The molecule has 0 aromatic carbocycles. The van der Waals surface area contributed by atoms with Crippen LogP contribution in [-0.2, 0) is 18.7 Å². The molecule has 178 valence electrons. The second kappa shape index (κ2) is 8.56. The van der Waals surface area contributed by atoms with Crippen LogP contribution in [0.1, 0.15) is 24.1 Å². The SMILES string of the molecule is O=c1ccc2ncc(F)c3c2n1C[C@@]3(O)CN1CCC(NCc2cc3c(nn2)OCCS3)CC1. The lowest BCUT2D eigenvalue weighted by Crippen LogP contribution is -2.48. The Balaban J connectivity index is 1.09. The second-order valence-corrected chi connectivity index (χ2v) is 10.3. The van der Waals surface area contributed by atoms with E-state index in [0.29, 0.717) is 36.1 Å². The Bertz CT molecular complexity index is 1310. The first-order chi connectivity index (χ1) is 16.5. The maximum atomic E-state index is 14.8. The summed E-state index contributed by atoms with van der Waals surface area (Å²) >= 11 is 1.74. The molecule has 1 fully saturated rings. The van der Waals surface area contributed by atoms with Crippen molar-refractivity contribution in [1.82, 2.24) is 30.0 Å². The summed E-state index contributed by atoms with van der Waals surface area (Å²) in [5.74, 6) is 0.967. The van der Waals surface area contributed by atoms with Crippen molar-refractivity contribution in [3.8, 4) is 5.88 Å².